The number of benzene rings is 1. The van der Waals surface area contributed by atoms with Gasteiger partial charge in [0.2, 0.25) is 10.0 Å². The summed E-state index contributed by atoms with van der Waals surface area (Å²) in [4.78, 5) is -1.000. The van der Waals surface area contributed by atoms with Crippen molar-refractivity contribution < 1.29 is 21.6 Å². The van der Waals surface area contributed by atoms with Crippen molar-refractivity contribution in [3.8, 4) is 11.4 Å². The number of H-pyrrole nitrogens is 1. The van der Waals surface area contributed by atoms with Crippen molar-refractivity contribution in [3.05, 3.63) is 23.3 Å². The predicted molar refractivity (Wildman–Crippen MR) is 94.4 cm³/mol. The number of alkyl halides is 3. The Hall–Kier alpha value is -2.05. The Labute approximate surface area is 159 Å². The molecular formula is C16H21F3N6O2S. The number of aromatic nitrogens is 4. The highest BCUT2D eigenvalue weighted by atomic mass is 32.2. The maximum Gasteiger partial charge on any atom is 0.417 e. The second-order valence-corrected chi connectivity index (χ2v) is 8.49. The molecule has 0 spiro atoms. The van der Waals surface area contributed by atoms with Crippen LogP contribution in [0.4, 0.5) is 13.2 Å². The zero-order valence-electron chi connectivity index (χ0n) is 14.9. The van der Waals surface area contributed by atoms with Gasteiger partial charge < -0.3 is 5.73 Å². The molecule has 5 N–H and O–H groups in total. The van der Waals surface area contributed by atoms with E-state index in [2.05, 4.69) is 20.6 Å². The lowest BCUT2D eigenvalue weighted by Gasteiger charge is -2.30. The second-order valence-electron chi connectivity index (χ2n) is 6.99. The second kappa shape index (κ2) is 7.76. The fraction of sp³-hybridized carbons (Fsp3) is 0.562. The van der Waals surface area contributed by atoms with Gasteiger partial charge in [-0.05, 0) is 72.5 Å². The Morgan fingerprint density at radius 3 is 2.36 bits per heavy atom. The molecule has 0 atom stereocenters. The Morgan fingerprint density at radius 2 is 1.86 bits per heavy atom. The van der Waals surface area contributed by atoms with Gasteiger partial charge in [-0.25, -0.2) is 18.7 Å². The SMILES string of the molecule is NCC[C@H]1CC[C@H](c2ccc(C(F)(F)F)c(S(N)(=O)=O)c2-c2nnn[nH]2)CC1. The number of halogens is 3. The van der Waals surface area contributed by atoms with E-state index in [1.807, 2.05) is 0 Å². The van der Waals surface area contributed by atoms with E-state index < -0.39 is 26.7 Å². The van der Waals surface area contributed by atoms with E-state index in [1.54, 1.807) is 0 Å². The van der Waals surface area contributed by atoms with Crippen LogP contribution in [0.1, 0.15) is 49.1 Å². The smallest absolute Gasteiger partial charge is 0.330 e. The Bertz CT molecular complexity index is 923. The van der Waals surface area contributed by atoms with Crippen molar-refractivity contribution in [2.75, 3.05) is 6.54 Å². The van der Waals surface area contributed by atoms with Gasteiger partial charge in [-0.15, -0.1) is 5.10 Å². The van der Waals surface area contributed by atoms with Gasteiger partial charge in [0.15, 0.2) is 5.82 Å². The van der Waals surface area contributed by atoms with E-state index in [1.165, 1.54) is 6.07 Å². The molecule has 1 saturated carbocycles. The first-order chi connectivity index (χ1) is 13.1. The molecular weight excluding hydrogens is 397 g/mol. The highest BCUT2D eigenvalue weighted by Crippen LogP contribution is 2.45. The molecule has 0 radical (unpaired) electrons. The molecule has 1 aromatic carbocycles. The summed E-state index contributed by atoms with van der Waals surface area (Å²) in [6, 6.07) is 2.08. The molecule has 0 aliphatic heterocycles. The molecule has 0 unspecified atom stereocenters. The number of primary sulfonamides is 1. The molecule has 1 heterocycles. The van der Waals surface area contributed by atoms with Gasteiger partial charge in [-0.2, -0.15) is 13.2 Å². The summed E-state index contributed by atoms with van der Waals surface area (Å²) in [7, 11) is -4.71. The predicted octanol–water partition coefficient (Wildman–Crippen LogP) is 2.16. The van der Waals surface area contributed by atoms with Crippen LogP contribution in [0.15, 0.2) is 17.0 Å². The number of rotatable bonds is 5. The molecule has 2 aromatic rings. The van der Waals surface area contributed by atoms with Crippen LogP contribution in [0, 0.1) is 5.92 Å². The van der Waals surface area contributed by atoms with Crippen LogP contribution in [0.25, 0.3) is 11.4 Å². The highest BCUT2D eigenvalue weighted by Gasteiger charge is 2.40. The maximum atomic E-state index is 13.5. The van der Waals surface area contributed by atoms with Gasteiger partial charge >= 0.3 is 6.18 Å². The summed E-state index contributed by atoms with van der Waals surface area (Å²) in [5.74, 6) is 0.176. The monoisotopic (exact) mass is 418 g/mol. The van der Waals surface area contributed by atoms with E-state index in [0.29, 0.717) is 30.9 Å². The quantitative estimate of drug-likeness (QED) is 0.679. The van der Waals surface area contributed by atoms with Gasteiger partial charge in [-0.3, -0.25) is 0 Å². The molecule has 0 amide bonds. The third-order valence-electron chi connectivity index (χ3n) is 5.22. The molecule has 12 heteroatoms. The fourth-order valence-electron chi connectivity index (χ4n) is 3.96. The van der Waals surface area contributed by atoms with Crippen molar-refractivity contribution in [3.63, 3.8) is 0 Å². The first-order valence-electron chi connectivity index (χ1n) is 8.84. The Morgan fingerprint density at radius 1 is 1.18 bits per heavy atom. The van der Waals surface area contributed by atoms with Crippen LogP contribution in [-0.2, 0) is 16.2 Å². The van der Waals surface area contributed by atoms with Crippen molar-refractivity contribution in [2.24, 2.45) is 16.8 Å². The number of tetrazole rings is 1. The number of hydrogen-bond acceptors (Lipinski definition) is 6. The van der Waals surface area contributed by atoms with E-state index >= 15 is 0 Å². The minimum absolute atomic E-state index is 0.128. The molecule has 3 rings (SSSR count). The minimum Gasteiger partial charge on any atom is -0.330 e. The van der Waals surface area contributed by atoms with Gasteiger partial charge in [0.25, 0.3) is 0 Å². The van der Waals surface area contributed by atoms with Gasteiger partial charge in [0, 0.05) is 5.56 Å². The molecule has 154 valence electrons. The molecule has 1 aliphatic rings. The summed E-state index contributed by atoms with van der Waals surface area (Å²) in [6.07, 6.45) is -0.880. The third kappa shape index (κ3) is 4.18. The molecule has 1 fully saturated rings. The Kier molecular flexibility index (Phi) is 5.73. The number of aromatic amines is 1. The van der Waals surface area contributed by atoms with E-state index in [9.17, 15) is 21.6 Å². The lowest BCUT2D eigenvalue weighted by molar-refractivity contribution is -0.139. The zero-order valence-corrected chi connectivity index (χ0v) is 15.7. The molecule has 1 aromatic heterocycles. The topological polar surface area (TPSA) is 141 Å². The highest BCUT2D eigenvalue weighted by molar-refractivity contribution is 7.89. The Balaban J connectivity index is 2.17. The summed E-state index contributed by atoms with van der Waals surface area (Å²) < 4.78 is 64.9. The lowest BCUT2D eigenvalue weighted by Crippen LogP contribution is -2.23. The van der Waals surface area contributed by atoms with Crippen LogP contribution in [-0.4, -0.2) is 35.6 Å². The number of nitrogens with one attached hydrogen (secondary N) is 1. The zero-order chi connectivity index (χ0) is 20.5. The number of nitrogens with zero attached hydrogens (tertiary/aromatic N) is 3. The first kappa shape index (κ1) is 20.7. The molecule has 8 nitrogen and oxygen atoms in total. The summed E-state index contributed by atoms with van der Waals surface area (Å²) in [5, 5.41) is 18.0. The largest absolute Gasteiger partial charge is 0.417 e. The average Bonchev–Trinajstić information content (AvgIpc) is 3.14. The van der Waals surface area contributed by atoms with Gasteiger partial charge in [0.05, 0.1) is 5.56 Å². The van der Waals surface area contributed by atoms with E-state index in [-0.39, 0.29) is 17.3 Å². The fourth-order valence-corrected chi connectivity index (χ4v) is 4.95. The third-order valence-corrected chi connectivity index (χ3v) is 6.22. The number of hydrogen-bond donors (Lipinski definition) is 3. The van der Waals surface area contributed by atoms with E-state index in [4.69, 9.17) is 10.9 Å². The van der Waals surface area contributed by atoms with Crippen LogP contribution in [0.3, 0.4) is 0 Å². The molecule has 28 heavy (non-hydrogen) atoms. The summed E-state index contributed by atoms with van der Waals surface area (Å²) >= 11 is 0. The summed E-state index contributed by atoms with van der Waals surface area (Å²) in [5.41, 5.74) is 4.52. The molecule has 1 aliphatic carbocycles. The van der Waals surface area contributed by atoms with E-state index in [0.717, 1.165) is 25.3 Å². The molecule has 0 saturated heterocycles. The van der Waals surface area contributed by atoms with Crippen LogP contribution in [0.5, 0.6) is 0 Å². The van der Waals surface area contributed by atoms with Crippen LogP contribution in [0.2, 0.25) is 0 Å². The van der Waals surface area contributed by atoms with Crippen molar-refractivity contribution in [1.82, 2.24) is 20.6 Å². The number of sulfonamides is 1. The van der Waals surface area contributed by atoms with Crippen molar-refractivity contribution >= 4 is 10.0 Å². The van der Waals surface area contributed by atoms with Crippen molar-refractivity contribution in [1.29, 1.82) is 0 Å². The average molecular weight is 418 g/mol. The minimum atomic E-state index is -4.90. The first-order valence-corrected chi connectivity index (χ1v) is 10.4. The van der Waals surface area contributed by atoms with Gasteiger partial charge in [-0.1, -0.05) is 6.07 Å². The lowest BCUT2D eigenvalue weighted by atomic mass is 9.76. The molecule has 0 bridgehead atoms. The van der Waals surface area contributed by atoms with Gasteiger partial charge in [0.1, 0.15) is 4.90 Å². The standard InChI is InChI=1S/C16H21F3N6O2S/c17-16(18,19)12-6-5-11(10-3-1-9(2-4-10)7-8-20)13(14(12)28(21,26)27)15-22-24-25-23-15/h5-6,9-10H,1-4,7-8,20H2,(H2,21,26,27)(H,22,23,24,25)/t9-,10-. The normalized spacial score (nSPS) is 21.0. The van der Waals surface area contributed by atoms with Crippen LogP contribution < -0.4 is 10.9 Å². The maximum absolute atomic E-state index is 13.5. The summed E-state index contributed by atoms with van der Waals surface area (Å²) in [6.45, 7) is 0.583. The van der Waals surface area contributed by atoms with Crippen molar-refractivity contribution in [2.45, 2.75) is 49.1 Å². The van der Waals surface area contributed by atoms with Crippen LogP contribution >= 0.6 is 0 Å². The number of nitrogens with two attached hydrogens (primary N) is 2.